The summed E-state index contributed by atoms with van der Waals surface area (Å²) in [5, 5.41) is 3.59. The zero-order valence-corrected chi connectivity index (χ0v) is 16.2. The second kappa shape index (κ2) is 8.14. The van der Waals surface area contributed by atoms with E-state index in [4.69, 9.17) is 4.74 Å². The fourth-order valence-electron chi connectivity index (χ4n) is 2.63. The molecular formula is C21H20N2O3S. The van der Waals surface area contributed by atoms with E-state index in [0.29, 0.717) is 21.8 Å². The van der Waals surface area contributed by atoms with Gasteiger partial charge in [-0.15, -0.1) is 11.3 Å². The minimum absolute atomic E-state index is 0.405. The van der Waals surface area contributed by atoms with E-state index in [1.54, 1.807) is 31.2 Å². The Balaban J connectivity index is 1.84. The Kier molecular flexibility index (Phi) is 5.66. The van der Waals surface area contributed by atoms with Crippen molar-refractivity contribution in [3.8, 4) is 0 Å². The molecule has 5 nitrogen and oxygen atoms in total. The standard InChI is InChI=1S/C21H20N2O3S/c1-13-9-11-17(12-10-13)23-20(24)18(16-7-5-4-6-8-16)26-21(25)19-14(2)22-15(3)27-19/h4-12,18H,1-3H3,(H,23,24)/t18-/m0/s1. The van der Waals surface area contributed by atoms with E-state index in [1.807, 2.05) is 44.2 Å². The van der Waals surface area contributed by atoms with E-state index in [0.717, 1.165) is 10.6 Å². The highest BCUT2D eigenvalue weighted by atomic mass is 32.1. The number of aromatic nitrogens is 1. The molecule has 0 bridgehead atoms. The zero-order chi connectivity index (χ0) is 19.4. The van der Waals surface area contributed by atoms with Gasteiger partial charge in [0, 0.05) is 11.3 Å². The van der Waals surface area contributed by atoms with Gasteiger partial charge in [-0.3, -0.25) is 4.79 Å². The molecule has 1 atom stereocenters. The largest absolute Gasteiger partial charge is 0.443 e. The molecule has 1 N–H and O–H groups in total. The number of ether oxygens (including phenoxy) is 1. The summed E-state index contributed by atoms with van der Waals surface area (Å²) >= 11 is 1.26. The van der Waals surface area contributed by atoms with E-state index < -0.39 is 18.0 Å². The number of carbonyl (C=O) groups is 2. The number of thiazole rings is 1. The highest BCUT2D eigenvalue weighted by Crippen LogP contribution is 2.25. The number of nitrogens with one attached hydrogen (secondary N) is 1. The van der Waals surface area contributed by atoms with Crippen LogP contribution in [0, 0.1) is 20.8 Å². The summed E-state index contributed by atoms with van der Waals surface area (Å²) in [5.74, 6) is -0.955. The van der Waals surface area contributed by atoms with Crippen LogP contribution in [0.15, 0.2) is 54.6 Å². The summed E-state index contributed by atoms with van der Waals surface area (Å²) in [6.07, 6.45) is -1.05. The average Bonchev–Trinajstić information content (AvgIpc) is 3.00. The Bertz CT molecular complexity index is 949. The monoisotopic (exact) mass is 380 g/mol. The Hall–Kier alpha value is -2.99. The molecule has 1 aromatic heterocycles. The lowest BCUT2D eigenvalue weighted by atomic mass is 10.1. The molecule has 1 amide bonds. The maximum absolute atomic E-state index is 12.9. The van der Waals surface area contributed by atoms with Crippen LogP contribution in [0.2, 0.25) is 0 Å². The van der Waals surface area contributed by atoms with Crippen LogP contribution in [-0.4, -0.2) is 16.9 Å². The summed E-state index contributed by atoms with van der Waals surface area (Å²) in [5.41, 5.74) is 2.95. The molecule has 0 aliphatic heterocycles. The van der Waals surface area contributed by atoms with Crippen molar-refractivity contribution in [2.75, 3.05) is 5.32 Å². The number of hydrogen-bond acceptors (Lipinski definition) is 5. The first-order chi connectivity index (χ1) is 12.9. The topological polar surface area (TPSA) is 68.3 Å². The van der Waals surface area contributed by atoms with Crippen molar-refractivity contribution >= 4 is 28.9 Å². The molecule has 6 heteroatoms. The van der Waals surface area contributed by atoms with Crippen LogP contribution in [0.5, 0.6) is 0 Å². The highest BCUT2D eigenvalue weighted by Gasteiger charge is 2.27. The van der Waals surface area contributed by atoms with E-state index in [1.165, 1.54) is 11.3 Å². The number of anilines is 1. The van der Waals surface area contributed by atoms with Crippen molar-refractivity contribution in [1.29, 1.82) is 0 Å². The van der Waals surface area contributed by atoms with Crippen molar-refractivity contribution in [2.24, 2.45) is 0 Å². The molecule has 1 heterocycles. The number of benzene rings is 2. The van der Waals surface area contributed by atoms with E-state index in [2.05, 4.69) is 10.3 Å². The predicted octanol–water partition coefficient (Wildman–Crippen LogP) is 4.61. The van der Waals surface area contributed by atoms with Gasteiger partial charge in [-0.1, -0.05) is 48.0 Å². The van der Waals surface area contributed by atoms with Gasteiger partial charge in [0.25, 0.3) is 5.91 Å². The van der Waals surface area contributed by atoms with Crippen LogP contribution in [-0.2, 0) is 9.53 Å². The first kappa shape index (κ1) is 18.8. The van der Waals surface area contributed by atoms with Gasteiger partial charge in [0.2, 0.25) is 6.10 Å². The van der Waals surface area contributed by atoms with Crippen molar-refractivity contribution in [1.82, 2.24) is 4.98 Å². The first-order valence-electron chi connectivity index (χ1n) is 8.51. The fraction of sp³-hybridized carbons (Fsp3) is 0.190. The smallest absolute Gasteiger partial charge is 0.351 e. The zero-order valence-electron chi connectivity index (χ0n) is 15.4. The third-order valence-corrected chi connectivity index (χ3v) is 5.03. The molecule has 0 aliphatic rings. The van der Waals surface area contributed by atoms with Crippen molar-refractivity contribution in [3.05, 3.63) is 81.3 Å². The van der Waals surface area contributed by atoms with E-state index in [-0.39, 0.29) is 0 Å². The van der Waals surface area contributed by atoms with Crippen LogP contribution in [0.3, 0.4) is 0 Å². The Morgan fingerprint density at radius 3 is 2.26 bits per heavy atom. The summed E-state index contributed by atoms with van der Waals surface area (Å²) < 4.78 is 5.59. The molecule has 0 saturated heterocycles. The average molecular weight is 380 g/mol. The molecule has 0 aliphatic carbocycles. The van der Waals surface area contributed by atoms with Gasteiger partial charge in [-0.2, -0.15) is 0 Å². The van der Waals surface area contributed by atoms with E-state index in [9.17, 15) is 9.59 Å². The van der Waals surface area contributed by atoms with Crippen LogP contribution >= 0.6 is 11.3 Å². The van der Waals surface area contributed by atoms with Crippen molar-refractivity contribution < 1.29 is 14.3 Å². The molecule has 0 spiro atoms. The lowest BCUT2D eigenvalue weighted by Crippen LogP contribution is -2.26. The number of carbonyl (C=O) groups excluding carboxylic acids is 2. The van der Waals surface area contributed by atoms with E-state index >= 15 is 0 Å². The molecule has 0 fully saturated rings. The second-order valence-corrected chi connectivity index (χ2v) is 7.40. The van der Waals surface area contributed by atoms with Crippen LogP contribution < -0.4 is 5.32 Å². The lowest BCUT2D eigenvalue weighted by Gasteiger charge is -2.18. The number of hydrogen-bond donors (Lipinski definition) is 1. The molecule has 0 radical (unpaired) electrons. The summed E-state index contributed by atoms with van der Waals surface area (Å²) in [4.78, 5) is 30.2. The van der Waals surface area contributed by atoms with Gasteiger partial charge in [-0.05, 0) is 32.9 Å². The normalized spacial score (nSPS) is 11.7. The number of nitrogens with zero attached hydrogens (tertiary/aromatic N) is 1. The van der Waals surface area contributed by atoms with Crippen LogP contribution in [0.1, 0.15) is 37.6 Å². The Morgan fingerprint density at radius 2 is 1.67 bits per heavy atom. The molecule has 0 unspecified atom stereocenters. The summed E-state index contributed by atoms with van der Waals surface area (Å²) in [7, 11) is 0. The number of esters is 1. The highest BCUT2D eigenvalue weighted by molar-refractivity contribution is 7.13. The molecule has 3 rings (SSSR count). The minimum atomic E-state index is -1.05. The Morgan fingerprint density at radius 1 is 1.00 bits per heavy atom. The van der Waals surface area contributed by atoms with Gasteiger partial charge in [0.15, 0.2) is 0 Å². The van der Waals surface area contributed by atoms with Crippen LogP contribution in [0.25, 0.3) is 0 Å². The van der Waals surface area contributed by atoms with Crippen molar-refractivity contribution in [3.63, 3.8) is 0 Å². The first-order valence-corrected chi connectivity index (χ1v) is 9.33. The molecule has 3 aromatic rings. The lowest BCUT2D eigenvalue weighted by molar-refractivity contribution is -0.125. The molecular weight excluding hydrogens is 360 g/mol. The third-order valence-electron chi connectivity index (χ3n) is 3.97. The number of rotatable bonds is 5. The molecule has 138 valence electrons. The summed E-state index contributed by atoms with van der Waals surface area (Å²) in [6.45, 7) is 5.55. The number of amides is 1. The second-order valence-electron chi connectivity index (χ2n) is 6.20. The van der Waals surface area contributed by atoms with Gasteiger partial charge in [0.05, 0.1) is 10.7 Å². The van der Waals surface area contributed by atoms with Gasteiger partial charge >= 0.3 is 5.97 Å². The third kappa shape index (κ3) is 4.60. The number of aryl methyl sites for hydroxylation is 3. The Labute approximate surface area is 162 Å². The van der Waals surface area contributed by atoms with Gasteiger partial charge < -0.3 is 10.1 Å². The van der Waals surface area contributed by atoms with Crippen LogP contribution in [0.4, 0.5) is 5.69 Å². The predicted molar refractivity (Wildman–Crippen MR) is 106 cm³/mol. The maximum Gasteiger partial charge on any atom is 0.351 e. The SMILES string of the molecule is Cc1ccc(NC(=O)[C@@H](OC(=O)c2sc(C)nc2C)c2ccccc2)cc1. The van der Waals surface area contributed by atoms with Gasteiger partial charge in [0.1, 0.15) is 4.88 Å². The summed E-state index contributed by atoms with van der Waals surface area (Å²) in [6, 6.07) is 16.4. The molecule has 0 saturated carbocycles. The quantitative estimate of drug-likeness (QED) is 0.657. The molecule has 27 heavy (non-hydrogen) atoms. The fourth-order valence-corrected chi connectivity index (χ4v) is 3.43. The van der Waals surface area contributed by atoms with Crippen molar-refractivity contribution in [2.45, 2.75) is 26.9 Å². The minimum Gasteiger partial charge on any atom is -0.443 e. The van der Waals surface area contributed by atoms with Gasteiger partial charge in [-0.25, -0.2) is 9.78 Å². The maximum atomic E-state index is 12.9. The molecule has 2 aromatic carbocycles.